The van der Waals surface area contributed by atoms with E-state index < -0.39 is 54.1 Å². The number of cyclic esters (lactones) is 1. The lowest BCUT2D eigenvalue weighted by molar-refractivity contribution is -0.177. The monoisotopic (exact) mass is 475 g/mol. The van der Waals surface area contributed by atoms with Crippen LogP contribution in [0, 0.1) is 0 Å². The van der Waals surface area contributed by atoms with Crippen LogP contribution in [0.5, 0.6) is 0 Å². The summed E-state index contributed by atoms with van der Waals surface area (Å²) in [4.78, 5) is 50.0. The van der Waals surface area contributed by atoms with Crippen molar-refractivity contribution >= 4 is 35.5 Å². The number of hydroxylamine groups is 2. The Bertz CT molecular complexity index is 913. The van der Waals surface area contributed by atoms with Crippen LogP contribution in [-0.2, 0) is 25.3 Å². The van der Waals surface area contributed by atoms with Gasteiger partial charge in [-0.15, -0.1) is 0 Å². The van der Waals surface area contributed by atoms with Crippen molar-refractivity contribution in [1.82, 2.24) is 15.3 Å². The van der Waals surface area contributed by atoms with Gasteiger partial charge in [-0.1, -0.05) is 6.07 Å². The number of rotatable bonds is 5. The number of nitrogens with one attached hydrogen (secondary N) is 1. The van der Waals surface area contributed by atoms with Crippen molar-refractivity contribution < 1.29 is 42.3 Å². The molecular weight excluding hydrogens is 455 g/mol. The lowest BCUT2D eigenvalue weighted by Crippen LogP contribution is -2.52. The summed E-state index contributed by atoms with van der Waals surface area (Å²) < 4.78 is 43.4. The van der Waals surface area contributed by atoms with Crippen LogP contribution < -0.4 is 5.32 Å². The van der Waals surface area contributed by atoms with E-state index in [2.05, 4.69) is 5.32 Å². The summed E-state index contributed by atoms with van der Waals surface area (Å²) in [7, 11) is 0. The Morgan fingerprint density at radius 2 is 2.06 bits per heavy atom. The second kappa shape index (κ2) is 9.77. The SMILES string of the molecule is O=C1CC(N(O)C(=O)CN2CCSCC(NC(=O)c3cccc(C(F)(F)F)c3)C2=O)CO1. The van der Waals surface area contributed by atoms with Gasteiger partial charge in [-0.2, -0.15) is 24.9 Å². The average Bonchev–Trinajstić information content (AvgIpc) is 3.11. The van der Waals surface area contributed by atoms with E-state index in [1.165, 1.54) is 17.8 Å². The van der Waals surface area contributed by atoms with E-state index in [4.69, 9.17) is 4.74 Å². The van der Waals surface area contributed by atoms with Crippen molar-refractivity contribution in [2.24, 2.45) is 0 Å². The van der Waals surface area contributed by atoms with Crippen LogP contribution in [0.15, 0.2) is 24.3 Å². The van der Waals surface area contributed by atoms with Crippen LogP contribution in [0.2, 0.25) is 0 Å². The lowest BCUT2D eigenvalue weighted by atomic mass is 10.1. The molecule has 0 spiro atoms. The van der Waals surface area contributed by atoms with Gasteiger partial charge in [0.15, 0.2) is 0 Å². The normalized spacial score (nSPS) is 21.7. The average molecular weight is 475 g/mol. The number of halogens is 3. The van der Waals surface area contributed by atoms with Gasteiger partial charge in [0.25, 0.3) is 11.8 Å². The Balaban J connectivity index is 1.65. The number of benzene rings is 1. The number of thioether (sulfide) groups is 1. The van der Waals surface area contributed by atoms with Crippen molar-refractivity contribution in [3.63, 3.8) is 0 Å². The summed E-state index contributed by atoms with van der Waals surface area (Å²) in [6.45, 7) is -0.476. The molecule has 174 valence electrons. The van der Waals surface area contributed by atoms with Gasteiger partial charge in [-0.05, 0) is 18.2 Å². The van der Waals surface area contributed by atoms with Gasteiger partial charge in [0.2, 0.25) is 5.91 Å². The first-order valence-electron chi connectivity index (χ1n) is 9.57. The minimum Gasteiger partial charge on any atom is -0.463 e. The first-order chi connectivity index (χ1) is 15.1. The van der Waals surface area contributed by atoms with Gasteiger partial charge < -0.3 is 15.0 Å². The molecule has 32 heavy (non-hydrogen) atoms. The molecule has 2 aliphatic rings. The molecule has 3 rings (SSSR count). The molecule has 0 radical (unpaired) electrons. The number of ether oxygens (including phenoxy) is 1. The van der Waals surface area contributed by atoms with Gasteiger partial charge in [-0.25, -0.2) is 5.06 Å². The molecule has 0 saturated carbocycles. The highest BCUT2D eigenvalue weighted by molar-refractivity contribution is 7.99. The predicted molar refractivity (Wildman–Crippen MR) is 105 cm³/mol. The Hall–Kier alpha value is -2.80. The summed E-state index contributed by atoms with van der Waals surface area (Å²) in [6, 6.07) is 1.91. The van der Waals surface area contributed by atoms with E-state index in [1.807, 2.05) is 0 Å². The highest BCUT2D eigenvalue weighted by Crippen LogP contribution is 2.29. The fraction of sp³-hybridized carbons (Fsp3) is 0.474. The summed E-state index contributed by atoms with van der Waals surface area (Å²) in [5.41, 5.74) is -1.24. The molecule has 2 N–H and O–H groups in total. The molecule has 0 aromatic heterocycles. The second-order valence-electron chi connectivity index (χ2n) is 7.22. The first-order valence-corrected chi connectivity index (χ1v) is 10.7. The molecule has 2 aliphatic heterocycles. The third-order valence-corrected chi connectivity index (χ3v) is 5.96. The molecule has 0 aliphatic carbocycles. The Morgan fingerprint density at radius 3 is 2.72 bits per heavy atom. The zero-order valence-electron chi connectivity index (χ0n) is 16.6. The van der Waals surface area contributed by atoms with E-state index in [1.54, 1.807) is 0 Å². The zero-order chi connectivity index (χ0) is 23.5. The summed E-state index contributed by atoms with van der Waals surface area (Å²) in [5.74, 6) is -2.21. The third kappa shape index (κ3) is 5.71. The summed E-state index contributed by atoms with van der Waals surface area (Å²) in [6.07, 6.45) is -4.78. The molecule has 2 unspecified atom stereocenters. The zero-order valence-corrected chi connectivity index (χ0v) is 17.4. The number of amides is 3. The number of hydrogen-bond acceptors (Lipinski definition) is 7. The molecule has 2 atom stereocenters. The Kier molecular flexibility index (Phi) is 7.29. The molecular formula is C19H20F3N3O6S. The smallest absolute Gasteiger partial charge is 0.416 e. The van der Waals surface area contributed by atoms with Crippen LogP contribution in [0.4, 0.5) is 13.2 Å². The lowest BCUT2D eigenvalue weighted by Gasteiger charge is -2.27. The van der Waals surface area contributed by atoms with Crippen LogP contribution in [0.25, 0.3) is 0 Å². The maximum Gasteiger partial charge on any atom is 0.416 e. The largest absolute Gasteiger partial charge is 0.463 e. The number of nitrogens with zero attached hydrogens (tertiary/aromatic N) is 2. The number of carbonyl (C=O) groups is 4. The molecule has 2 heterocycles. The maximum atomic E-state index is 12.9. The van der Waals surface area contributed by atoms with Crippen molar-refractivity contribution in [2.45, 2.75) is 24.7 Å². The van der Waals surface area contributed by atoms with E-state index in [0.717, 1.165) is 17.0 Å². The number of esters is 1. The van der Waals surface area contributed by atoms with E-state index >= 15 is 0 Å². The van der Waals surface area contributed by atoms with Crippen LogP contribution >= 0.6 is 11.8 Å². The maximum absolute atomic E-state index is 12.9. The van der Waals surface area contributed by atoms with E-state index in [9.17, 15) is 37.6 Å². The number of alkyl halides is 3. The molecule has 0 bridgehead atoms. The molecule has 9 nitrogen and oxygen atoms in total. The summed E-state index contributed by atoms with van der Waals surface area (Å²) >= 11 is 1.33. The van der Waals surface area contributed by atoms with Crippen molar-refractivity contribution in [1.29, 1.82) is 0 Å². The highest BCUT2D eigenvalue weighted by Gasteiger charge is 2.36. The van der Waals surface area contributed by atoms with Crippen LogP contribution in [-0.4, -0.2) is 82.1 Å². The minimum absolute atomic E-state index is 0.152. The summed E-state index contributed by atoms with van der Waals surface area (Å²) in [5, 5.41) is 12.8. The molecule has 1 aromatic carbocycles. The predicted octanol–water partition coefficient (Wildman–Crippen LogP) is 0.913. The van der Waals surface area contributed by atoms with E-state index in [-0.39, 0.29) is 30.9 Å². The minimum atomic E-state index is -4.62. The highest BCUT2D eigenvalue weighted by atomic mass is 32.2. The van der Waals surface area contributed by atoms with Gasteiger partial charge >= 0.3 is 12.1 Å². The fourth-order valence-corrected chi connectivity index (χ4v) is 4.19. The van der Waals surface area contributed by atoms with Crippen LogP contribution in [0.3, 0.4) is 0 Å². The molecule has 1 aromatic rings. The molecule has 3 amide bonds. The van der Waals surface area contributed by atoms with E-state index in [0.29, 0.717) is 16.9 Å². The quantitative estimate of drug-likeness (QED) is 0.370. The number of hydrogen-bond donors (Lipinski definition) is 2. The standard InChI is InChI=1S/C19H20F3N3O6S/c20-19(21,22)12-3-1-2-11(6-12)17(28)23-14-10-32-5-4-24(18(14)29)8-15(26)25(30)13-7-16(27)31-9-13/h1-3,6,13-14,30H,4-5,7-10H2,(H,23,28). The fourth-order valence-electron chi connectivity index (χ4n) is 3.21. The van der Waals surface area contributed by atoms with Crippen molar-refractivity contribution in [3.8, 4) is 0 Å². The first kappa shape index (κ1) is 23.9. The Morgan fingerprint density at radius 1 is 1.31 bits per heavy atom. The van der Waals surface area contributed by atoms with Gasteiger partial charge in [-0.3, -0.25) is 24.4 Å². The Labute approximate surface area is 184 Å². The number of carbonyl (C=O) groups excluding carboxylic acids is 4. The molecule has 2 saturated heterocycles. The van der Waals surface area contributed by atoms with Crippen LogP contribution in [0.1, 0.15) is 22.3 Å². The molecule has 13 heteroatoms. The molecule has 2 fully saturated rings. The topological polar surface area (TPSA) is 116 Å². The van der Waals surface area contributed by atoms with Crippen molar-refractivity contribution in [2.75, 3.05) is 31.2 Å². The van der Waals surface area contributed by atoms with Gasteiger partial charge in [0.05, 0.1) is 12.0 Å². The third-order valence-electron chi connectivity index (χ3n) is 4.92. The van der Waals surface area contributed by atoms with Gasteiger partial charge in [0, 0.05) is 23.6 Å². The van der Waals surface area contributed by atoms with Crippen molar-refractivity contribution in [3.05, 3.63) is 35.4 Å². The van der Waals surface area contributed by atoms with Gasteiger partial charge in [0.1, 0.15) is 25.2 Å². The second-order valence-corrected chi connectivity index (χ2v) is 8.37.